The van der Waals surface area contributed by atoms with Crippen molar-refractivity contribution in [3.05, 3.63) is 28.3 Å². The lowest BCUT2D eigenvalue weighted by molar-refractivity contribution is -0.0170. The molecule has 0 radical (unpaired) electrons. The van der Waals surface area contributed by atoms with E-state index in [4.69, 9.17) is 21.1 Å². The molecule has 4 heteroatoms. The molecule has 0 aromatic heterocycles. The Morgan fingerprint density at radius 1 is 1.53 bits per heavy atom. The number of ether oxygens (including phenoxy) is 2. The van der Waals surface area contributed by atoms with Crippen molar-refractivity contribution in [3.63, 3.8) is 0 Å². The lowest BCUT2D eigenvalue weighted by Crippen LogP contribution is -2.15. The van der Waals surface area contributed by atoms with Gasteiger partial charge in [-0.05, 0) is 24.6 Å². The summed E-state index contributed by atoms with van der Waals surface area (Å²) in [7, 11) is 0. The van der Waals surface area contributed by atoms with E-state index in [1.54, 1.807) is 13.0 Å². The van der Waals surface area contributed by atoms with Crippen LogP contribution in [0.15, 0.2) is 12.1 Å². The molecule has 1 atom stereocenters. The predicted molar refractivity (Wildman–Crippen MR) is 57.1 cm³/mol. The van der Waals surface area contributed by atoms with Crippen molar-refractivity contribution in [3.8, 4) is 5.75 Å². The molecule has 3 nitrogen and oxygen atoms in total. The van der Waals surface area contributed by atoms with Crippen LogP contribution in [0.2, 0.25) is 5.02 Å². The van der Waals surface area contributed by atoms with Gasteiger partial charge < -0.3 is 14.6 Å². The van der Waals surface area contributed by atoms with Gasteiger partial charge in [0.15, 0.2) is 6.79 Å². The second kappa shape index (κ2) is 4.39. The van der Waals surface area contributed by atoms with E-state index in [1.165, 1.54) is 0 Å². The fourth-order valence-corrected chi connectivity index (χ4v) is 1.96. The number of halogens is 1. The molecule has 82 valence electrons. The molecule has 1 unspecified atom stereocenters. The van der Waals surface area contributed by atoms with E-state index in [-0.39, 0.29) is 6.79 Å². The SMILES string of the molecule is CC(O)Cc1c(Cl)ccc2c1COCO2. The number of benzene rings is 1. The molecule has 0 bridgehead atoms. The third kappa shape index (κ3) is 2.25. The van der Waals surface area contributed by atoms with Gasteiger partial charge in [0.25, 0.3) is 0 Å². The fourth-order valence-electron chi connectivity index (χ4n) is 1.70. The average Bonchev–Trinajstić information content (AvgIpc) is 2.22. The summed E-state index contributed by atoms with van der Waals surface area (Å²) >= 11 is 6.08. The molecule has 0 amide bonds. The molecule has 0 saturated heterocycles. The highest BCUT2D eigenvalue weighted by molar-refractivity contribution is 6.31. The van der Waals surface area contributed by atoms with E-state index in [9.17, 15) is 5.11 Å². The van der Waals surface area contributed by atoms with E-state index in [2.05, 4.69) is 0 Å². The molecule has 2 rings (SSSR count). The Labute approximate surface area is 93.6 Å². The van der Waals surface area contributed by atoms with Crippen molar-refractivity contribution in [2.45, 2.75) is 26.1 Å². The summed E-state index contributed by atoms with van der Waals surface area (Å²) in [6.07, 6.45) is 0.102. The predicted octanol–water partition coefficient (Wildman–Crippen LogP) is 2.13. The highest BCUT2D eigenvalue weighted by atomic mass is 35.5. The quantitative estimate of drug-likeness (QED) is 0.843. The van der Waals surface area contributed by atoms with Gasteiger partial charge >= 0.3 is 0 Å². The Bertz CT molecular complexity index is 363. The topological polar surface area (TPSA) is 38.7 Å². The highest BCUT2D eigenvalue weighted by Gasteiger charge is 2.18. The molecule has 1 aromatic rings. The summed E-state index contributed by atoms with van der Waals surface area (Å²) in [4.78, 5) is 0. The standard InChI is InChI=1S/C11H13ClO3/c1-7(13)4-8-9-5-14-6-15-11(9)3-2-10(8)12/h2-3,7,13H,4-6H2,1H3. The van der Waals surface area contributed by atoms with Crippen LogP contribution in [-0.2, 0) is 17.8 Å². The maximum atomic E-state index is 9.39. The Morgan fingerprint density at radius 3 is 3.07 bits per heavy atom. The van der Waals surface area contributed by atoms with E-state index in [0.717, 1.165) is 16.9 Å². The molecule has 1 aliphatic heterocycles. The minimum Gasteiger partial charge on any atom is -0.467 e. The van der Waals surface area contributed by atoms with Gasteiger partial charge in [-0.25, -0.2) is 0 Å². The van der Waals surface area contributed by atoms with Crippen molar-refractivity contribution in [1.82, 2.24) is 0 Å². The number of rotatable bonds is 2. The van der Waals surface area contributed by atoms with E-state index in [0.29, 0.717) is 18.1 Å². The Kier molecular flexibility index (Phi) is 3.14. The van der Waals surface area contributed by atoms with E-state index in [1.807, 2.05) is 6.07 Å². The van der Waals surface area contributed by atoms with Crippen molar-refractivity contribution < 1.29 is 14.6 Å². The Morgan fingerprint density at radius 2 is 2.33 bits per heavy atom. The Balaban J connectivity index is 2.41. The van der Waals surface area contributed by atoms with Crippen LogP contribution < -0.4 is 4.74 Å². The fraction of sp³-hybridized carbons (Fsp3) is 0.455. The number of hydrogen-bond acceptors (Lipinski definition) is 3. The zero-order valence-electron chi connectivity index (χ0n) is 8.50. The largest absolute Gasteiger partial charge is 0.467 e. The van der Waals surface area contributed by atoms with Crippen LogP contribution in [0.25, 0.3) is 0 Å². The van der Waals surface area contributed by atoms with Gasteiger partial charge in [0, 0.05) is 17.0 Å². The monoisotopic (exact) mass is 228 g/mol. The Hall–Kier alpha value is -0.770. The van der Waals surface area contributed by atoms with Gasteiger partial charge in [0.1, 0.15) is 5.75 Å². The smallest absolute Gasteiger partial charge is 0.189 e. The van der Waals surface area contributed by atoms with Crippen molar-refractivity contribution in [1.29, 1.82) is 0 Å². The molecule has 0 fully saturated rings. The van der Waals surface area contributed by atoms with Gasteiger partial charge in [0.05, 0.1) is 12.7 Å². The molecule has 0 aliphatic carbocycles. The maximum Gasteiger partial charge on any atom is 0.189 e. The maximum absolute atomic E-state index is 9.39. The van der Waals surface area contributed by atoms with Crippen molar-refractivity contribution >= 4 is 11.6 Å². The molecule has 0 spiro atoms. The second-order valence-corrected chi connectivity index (χ2v) is 4.07. The number of hydrogen-bond donors (Lipinski definition) is 1. The summed E-state index contributed by atoms with van der Waals surface area (Å²) in [6, 6.07) is 3.63. The van der Waals surface area contributed by atoms with Crippen molar-refractivity contribution in [2.75, 3.05) is 6.79 Å². The summed E-state index contributed by atoms with van der Waals surface area (Å²) in [5, 5.41) is 10.0. The van der Waals surface area contributed by atoms with Crippen LogP contribution in [0, 0.1) is 0 Å². The summed E-state index contributed by atoms with van der Waals surface area (Å²) in [5.74, 6) is 0.807. The zero-order chi connectivity index (χ0) is 10.8. The first-order valence-corrected chi connectivity index (χ1v) is 5.25. The normalized spacial score (nSPS) is 16.7. The van der Waals surface area contributed by atoms with Crippen LogP contribution in [0.1, 0.15) is 18.1 Å². The lowest BCUT2D eigenvalue weighted by atomic mass is 10.0. The average molecular weight is 229 g/mol. The molecule has 1 N–H and O–H groups in total. The van der Waals surface area contributed by atoms with Crippen molar-refractivity contribution in [2.24, 2.45) is 0 Å². The minimum atomic E-state index is -0.420. The van der Waals surface area contributed by atoms with Gasteiger partial charge in [0.2, 0.25) is 0 Å². The molecular weight excluding hydrogens is 216 g/mol. The van der Waals surface area contributed by atoms with Crippen LogP contribution in [0.5, 0.6) is 5.75 Å². The molecule has 0 saturated carbocycles. The summed E-state index contributed by atoms with van der Waals surface area (Å²) in [6.45, 7) is 2.51. The molecule has 15 heavy (non-hydrogen) atoms. The minimum absolute atomic E-state index is 0.281. The van der Waals surface area contributed by atoms with E-state index >= 15 is 0 Å². The number of aliphatic hydroxyl groups excluding tert-OH is 1. The van der Waals surface area contributed by atoms with Crippen LogP contribution in [-0.4, -0.2) is 18.0 Å². The first kappa shape index (κ1) is 10.7. The second-order valence-electron chi connectivity index (χ2n) is 3.67. The molecular formula is C11H13ClO3. The van der Waals surface area contributed by atoms with Crippen LogP contribution in [0.3, 0.4) is 0 Å². The van der Waals surface area contributed by atoms with Gasteiger partial charge in [-0.3, -0.25) is 0 Å². The third-order valence-electron chi connectivity index (χ3n) is 2.37. The number of fused-ring (bicyclic) bond motifs is 1. The summed E-state index contributed by atoms with van der Waals surface area (Å²) in [5.41, 5.74) is 1.87. The first-order valence-electron chi connectivity index (χ1n) is 4.87. The van der Waals surface area contributed by atoms with E-state index < -0.39 is 6.10 Å². The molecule has 1 aromatic carbocycles. The zero-order valence-corrected chi connectivity index (χ0v) is 9.25. The van der Waals surface area contributed by atoms with Gasteiger partial charge in [-0.1, -0.05) is 11.6 Å². The number of aliphatic hydroxyl groups is 1. The van der Waals surface area contributed by atoms with Gasteiger partial charge in [-0.2, -0.15) is 0 Å². The highest BCUT2D eigenvalue weighted by Crippen LogP contribution is 2.32. The molecule has 1 heterocycles. The first-order chi connectivity index (χ1) is 7.18. The summed E-state index contributed by atoms with van der Waals surface area (Å²) < 4.78 is 10.5. The molecule has 1 aliphatic rings. The van der Waals surface area contributed by atoms with Gasteiger partial charge in [-0.15, -0.1) is 0 Å². The van der Waals surface area contributed by atoms with Crippen LogP contribution in [0.4, 0.5) is 0 Å². The third-order valence-corrected chi connectivity index (χ3v) is 2.73. The van der Waals surface area contributed by atoms with Crippen LogP contribution >= 0.6 is 11.6 Å². The lowest BCUT2D eigenvalue weighted by Gasteiger charge is -2.21.